The van der Waals surface area contributed by atoms with Crippen molar-refractivity contribution in [2.45, 2.75) is 45.2 Å². The first-order valence-electron chi connectivity index (χ1n) is 16.0. The zero-order chi connectivity index (χ0) is 34.7. The second kappa shape index (κ2) is 14.6. The molecule has 5 rings (SSSR count). The first-order valence-corrected chi connectivity index (χ1v) is 18.9. The highest BCUT2D eigenvalue weighted by Gasteiger charge is 2.60. The number of carbonyl (C=O) groups excluding carboxylic acids is 1. The molecular formula is C34H42Cl2N6O5S. The summed E-state index contributed by atoms with van der Waals surface area (Å²) in [6.07, 6.45) is 3.39. The summed E-state index contributed by atoms with van der Waals surface area (Å²) in [7, 11) is -3.04. The summed E-state index contributed by atoms with van der Waals surface area (Å²) in [6, 6.07) is 14.9. The summed E-state index contributed by atoms with van der Waals surface area (Å²) in [5.74, 6) is 0.744. The minimum atomic E-state index is -3.04. The predicted molar refractivity (Wildman–Crippen MR) is 188 cm³/mol. The van der Waals surface area contributed by atoms with Crippen molar-refractivity contribution in [1.29, 1.82) is 0 Å². The standard InChI is InChI=1S/C34H42Cl2N6O5S/c1-6-46-30-28(23-37-31(38-30)47-7-2)29-39-33(3,24-9-13-26(35)14-10-24)34(4,25-11-15-27(36)16-12-25)42(29)32(43)41-20-18-40(19-21-41)17-8-22-48(5,44)45/h9-16,23H,6-8,17-22H2,1-5H3/t33-,34+/m0/s1. The lowest BCUT2D eigenvalue weighted by molar-refractivity contribution is 0.0868. The number of halogens is 2. The Morgan fingerprint density at radius 1 is 0.896 bits per heavy atom. The van der Waals surface area contributed by atoms with Crippen LogP contribution in [0.4, 0.5) is 4.79 Å². The normalized spacial score (nSPS) is 21.7. The van der Waals surface area contributed by atoms with Gasteiger partial charge in [0.15, 0.2) is 0 Å². The molecule has 3 heterocycles. The Kier molecular flexibility index (Phi) is 10.9. The Morgan fingerprint density at radius 2 is 1.48 bits per heavy atom. The quantitative estimate of drug-likeness (QED) is 0.250. The van der Waals surface area contributed by atoms with E-state index >= 15 is 4.79 Å². The highest BCUT2D eigenvalue weighted by atomic mass is 35.5. The van der Waals surface area contributed by atoms with Crippen LogP contribution in [-0.2, 0) is 20.9 Å². The molecule has 2 amide bonds. The smallest absolute Gasteiger partial charge is 0.326 e. The van der Waals surface area contributed by atoms with Crippen molar-refractivity contribution in [3.8, 4) is 11.9 Å². The minimum Gasteiger partial charge on any atom is -0.477 e. The van der Waals surface area contributed by atoms with E-state index in [0.29, 0.717) is 73.8 Å². The number of benzene rings is 2. The molecule has 11 nitrogen and oxygen atoms in total. The van der Waals surface area contributed by atoms with Gasteiger partial charge in [-0.25, -0.2) is 18.2 Å². The third-order valence-corrected chi connectivity index (χ3v) is 10.6. The molecule has 0 saturated carbocycles. The highest BCUT2D eigenvalue weighted by molar-refractivity contribution is 7.90. The number of aliphatic imine (C=N–C) groups is 1. The van der Waals surface area contributed by atoms with E-state index in [1.165, 1.54) is 6.26 Å². The summed E-state index contributed by atoms with van der Waals surface area (Å²) in [6.45, 7) is 11.2. The molecule has 14 heteroatoms. The van der Waals surface area contributed by atoms with Crippen LogP contribution >= 0.6 is 23.2 Å². The van der Waals surface area contributed by atoms with E-state index in [0.717, 1.165) is 11.1 Å². The van der Waals surface area contributed by atoms with Crippen LogP contribution in [-0.4, -0.2) is 103 Å². The second-order valence-electron chi connectivity index (χ2n) is 12.3. The number of aromatic nitrogens is 2. The van der Waals surface area contributed by atoms with Crippen LogP contribution in [0.1, 0.15) is 50.8 Å². The van der Waals surface area contributed by atoms with E-state index < -0.39 is 20.9 Å². The molecule has 0 radical (unpaired) electrons. The summed E-state index contributed by atoms with van der Waals surface area (Å²) < 4.78 is 34.9. The molecule has 0 aliphatic carbocycles. The van der Waals surface area contributed by atoms with Gasteiger partial charge >= 0.3 is 12.0 Å². The summed E-state index contributed by atoms with van der Waals surface area (Å²) >= 11 is 12.7. The second-order valence-corrected chi connectivity index (χ2v) is 15.4. The van der Waals surface area contributed by atoms with Gasteiger partial charge in [0.2, 0.25) is 5.88 Å². The molecule has 0 unspecified atom stereocenters. The van der Waals surface area contributed by atoms with E-state index in [1.54, 1.807) is 11.1 Å². The topological polar surface area (TPSA) is 118 Å². The number of sulfone groups is 1. The Balaban J connectivity index is 1.63. The van der Waals surface area contributed by atoms with Crippen LogP contribution in [0.2, 0.25) is 10.0 Å². The lowest BCUT2D eigenvalue weighted by atomic mass is 9.71. The number of amides is 2. The minimum absolute atomic E-state index is 0.134. The van der Waals surface area contributed by atoms with Crippen LogP contribution in [0, 0.1) is 0 Å². The average molecular weight is 718 g/mol. The number of urea groups is 1. The van der Waals surface area contributed by atoms with Crippen molar-refractivity contribution in [3.05, 3.63) is 81.5 Å². The molecule has 0 bridgehead atoms. The lowest BCUT2D eigenvalue weighted by Crippen LogP contribution is -2.60. The molecular weight excluding hydrogens is 675 g/mol. The molecule has 258 valence electrons. The fourth-order valence-electron chi connectivity index (χ4n) is 6.37. The van der Waals surface area contributed by atoms with Crippen molar-refractivity contribution >= 4 is 44.9 Å². The number of carbonyl (C=O) groups is 1. The number of nitrogens with zero attached hydrogens (tertiary/aromatic N) is 6. The zero-order valence-corrected chi connectivity index (χ0v) is 30.3. The zero-order valence-electron chi connectivity index (χ0n) is 27.9. The largest absolute Gasteiger partial charge is 0.477 e. The van der Waals surface area contributed by atoms with Crippen molar-refractivity contribution in [2.75, 3.05) is 57.9 Å². The molecule has 3 aromatic rings. The van der Waals surface area contributed by atoms with Gasteiger partial charge in [-0.05, 0) is 76.1 Å². The van der Waals surface area contributed by atoms with Crippen LogP contribution in [0.3, 0.4) is 0 Å². The first-order chi connectivity index (χ1) is 22.8. The van der Waals surface area contributed by atoms with Gasteiger partial charge in [-0.15, -0.1) is 0 Å². The third kappa shape index (κ3) is 7.27. The Labute approximate surface area is 292 Å². The summed E-state index contributed by atoms with van der Waals surface area (Å²) in [4.78, 5) is 35.2. The number of amidine groups is 1. The van der Waals surface area contributed by atoms with Gasteiger partial charge < -0.3 is 14.4 Å². The molecule has 0 N–H and O–H groups in total. The van der Waals surface area contributed by atoms with E-state index in [4.69, 9.17) is 37.7 Å². The predicted octanol–water partition coefficient (Wildman–Crippen LogP) is 5.65. The molecule has 1 saturated heterocycles. The molecule has 1 fully saturated rings. The molecule has 1 aromatic heterocycles. The summed E-state index contributed by atoms with van der Waals surface area (Å²) in [5.41, 5.74) is 0.0163. The van der Waals surface area contributed by atoms with Crippen molar-refractivity contribution in [3.63, 3.8) is 0 Å². The number of ether oxygens (including phenoxy) is 2. The summed E-state index contributed by atoms with van der Waals surface area (Å²) in [5, 5.41) is 1.15. The molecule has 2 aliphatic heterocycles. The van der Waals surface area contributed by atoms with E-state index in [1.807, 2.05) is 81.1 Å². The van der Waals surface area contributed by atoms with Gasteiger partial charge in [-0.1, -0.05) is 47.5 Å². The van der Waals surface area contributed by atoms with Crippen LogP contribution in [0.15, 0.2) is 59.7 Å². The van der Waals surface area contributed by atoms with E-state index in [9.17, 15) is 8.42 Å². The van der Waals surface area contributed by atoms with Crippen molar-refractivity contribution in [2.24, 2.45) is 4.99 Å². The Morgan fingerprint density at radius 3 is 2.04 bits per heavy atom. The van der Waals surface area contributed by atoms with Crippen molar-refractivity contribution in [1.82, 2.24) is 24.7 Å². The molecule has 2 atom stereocenters. The molecule has 48 heavy (non-hydrogen) atoms. The maximum absolute atomic E-state index is 15.0. The van der Waals surface area contributed by atoms with Crippen LogP contribution in [0.25, 0.3) is 0 Å². The highest BCUT2D eigenvalue weighted by Crippen LogP contribution is 2.54. The Bertz CT molecular complexity index is 1750. The van der Waals surface area contributed by atoms with E-state index in [-0.39, 0.29) is 23.7 Å². The van der Waals surface area contributed by atoms with Crippen molar-refractivity contribution < 1.29 is 22.7 Å². The lowest BCUT2D eigenvalue weighted by Gasteiger charge is -2.47. The fraction of sp³-hybridized carbons (Fsp3) is 0.471. The number of rotatable bonds is 11. The number of hydrogen-bond acceptors (Lipinski definition) is 9. The van der Waals surface area contributed by atoms with Crippen LogP contribution < -0.4 is 9.47 Å². The monoisotopic (exact) mass is 716 g/mol. The average Bonchev–Trinajstić information content (AvgIpc) is 3.29. The first kappa shape index (κ1) is 35.8. The van der Waals surface area contributed by atoms with Gasteiger partial charge in [-0.2, -0.15) is 4.98 Å². The van der Waals surface area contributed by atoms with Gasteiger partial charge in [-0.3, -0.25) is 14.8 Å². The van der Waals surface area contributed by atoms with Gasteiger partial charge in [0.25, 0.3) is 0 Å². The van der Waals surface area contributed by atoms with Crippen LogP contribution in [0.5, 0.6) is 11.9 Å². The SMILES string of the molecule is CCOc1ncc(C2=N[C@@](C)(c3ccc(Cl)cc3)[C@@](C)(c3ccc(Cl)cc3)N2C(=O)N2CCN(CCCS(C)(=O)=O)CC2)c(OCC)n1. The molecule has 2 aliphatic rings. The molecule has 0 spiro atoms. The maximum Gasteiger partial charge on any atom is 0.326 e. The van der Waals surface area contributed by atoms with E-state index in [2.05, 4.69) is 14.9 Å². The number of piperazine rings is 1. The molecule has 2 aromatic carbocycles. The maximum atomic E-state index is 15.0. The fourth-order valence-corrected chi connectivity index (χ4v) is 7.28. The Hall–Kier alpha value is -3.45. The van der Waals surface area contributed by atoms with Gasteiger partial charge in [0.1, 0.15) is 26.8 Å². The number of hydrogen-bond donors (Lipinski definition) is 0. The third-order valence-electron chi connectivity index (χ3n) is 9.10. The van der Waals surface area contributed by atoms with Gasteiger partial charge in [0.05, 0.1) is 24.5 Å². The van der Waals surface area contributed by atoms with Gasteiger partial charge in [0, 0.05) is 48.7 Å².